The van der Waals surface area contributed by atoms with Crippen molar-refractivity contribution in [1.82, 2.24) is 10.2 Å². The Balaban J connectivity index is 1.92. The number of carbonyl (C=O) groups is 4. The Morgan fingerprint density at radius 3 is 2.52 bits per heavy atom. The van der Waals surface area contributed by atoms with Gasteiger partial charge in [0.15, 0.2) is 6.61 Å². The van der Waals surface area contributed by atoms with E-state index in [1.165, 1.54) is 0 Å². The lowest BCUT2D eigenvalue weighted by Gasteiger charge is -2.29. The molecule has 12 heteroatoms. The van der Waals surface area contributed by atoms with E-state index in [-0.39, 0.29) is 36.3 Å². The van der Waals surface area contributed by atoms with Crippen molar-refractivity contribution in [3.05, 3.63) is 23.3 Å². The predicted molar refractivity (Wildman–Crippen MR) is 102 cm³/mol. The Hall–Kier alpha value is -3.02. The van der Waals surface area contributed by atoms with Crippen LogP contribution in [0.4, 0.5) is 3.89 Å². The van der Waals surface area contributed by atoms with E-state index in [2.05, 4.69) is 5.32 Å². The third-order valence-electron chi connectivity index (χ3n) is 4.64. The molecule has 0 radical (unpaired) electrons. The third kappa shape index (κ3) is 5.01. The van der Waals surface area contributed by atoms with E-state index in [0.29, 0.717) is 0 Å². The summed E-state index contributed by atoms with van der Waals surface area (Å²) in [6, 6.07) is 0.778. The molecule has 1 aromatic rings. The van der Waals surface area contributed by atoms with Gasteiger partial charge < -0.3 is 14.4 Å². The van der Waals surface area contributed by atoms with Gasteiger partial charge in [-0.3, -0.25) is 19.7 Å². The number of nitrogens with one attached hydrogen (secondary N) is 1. The zero-order valence-electron chi connectivity index (χ0n) is 17.1. The number of ether oxygens (including phenoxy) is 2. The highest BCUT2D eigenvalue weighted by Gasteiger charge is 2.41. The summed E-state index contributed by atoms with van der Waals surface area (Å²) in [6.45, 7) is 4.20. The van der Waals surface area contributed by atoms with Crippen molar-refractivity contribution in [2.45, 2.75) is 56.7 Å². The molecule has 2 aliphatic rings. The molecule has 1 atom stereocenters. The summed E-state index contributed by atoms with van der Waals surface area (Å²) in [5.41, 5.74) is -0.751. The fourth-order valence-corrected chi connectivity index (χ4v) is 3.89. The SMILES string of the molecule is CC(C)(C)OC(=O)COc1cc(S(=O)(=O)F)cc2c1CN(C1CCC(=O)NC1=O)C2=O. The van der Waals surface area contributed by atoms with Gasteiger partial charge in [-0.2, -0.15) is 8.42 Å². The van der Waals surface area contributed by atoms with Gasteiger partial charge in [-0.15, -0.1) is 3.89 Å². The second-order valence-corrected chi connectivity index (χ2v) is 9.51. The van der Waals surface area contributed by atoms with Gasteiger partial charge in [-0.05, 0) is 33.3 Å². The highest BCUT2D eigenvalue weighted by atomic mass is 32.3. The van der Waals surface area contributed by atoms with Crippen molar-refractivity contribution in [2.75, 3.05) is 6.61 Å². The summed E-state index contributed by atoms with van der Waals surface area (Å²) in [7, 11) is -5.19. The highest BCUT2D eigenvalue weighted by molar-refractivity contribution is 7.86. The van der Waals surface area contributed by atoms with Gasteiger partial charge in [0.1, 0.15) is 22.3 Å². The van der Waals surface area contributed by atoms with Crippen LogP contribution in [0.2, 0.25) is 0 Å². The lowest BCUT2D eigenvalue weighted by molar-refractivity contribution is -0.157. The minimum atomic E-state index is -5.19. The van der Waals surface area contributed by atoms with Crippen LogP contribution in [-0.2, 0) is 35.9 Å². The molecule has 1 aromatic carbocycles. The van der Waals surface area contributed by atoms with E-state index in [1.807, 2.05) is 0 Å². The van der Waals surface area contributed by atoms with Crippen molar-refractivity contribution in [2.24, 2.45) is 0 Å². The lowest BCUT2D eigenvalue weighted by atomic mass is 10.0. The van der Waals surface area contributed by atoms with Crippen molar-refractivity contribution in [3.63, 3.8) is 0 Å². The van der Waals surface area contributed by atoms with Crippen LogP contribution in [0.5, 0.6) is 5.75 Å². The molecule has 1 saturated heterocycles. The van der Waals surface area contributed by atoms with Crippen molar-refractivity contribution in [3.8, 4) is 5.75 Å². The van der Waals surface area contributed by atoms with Gasteiger partial charge in [0.2, 0.25) is 11.8 Å². The molecular weight excluding hydrogens is 435 g/mol. The quantitative estimate of drug-likeness (QED) is 0.391. The number of rotatable bonds is 5. The van der Waals surface area contributed by atoms with Gasteiger partial charge in [-0.25, -0.2) is 4.79 Å². The normalized spacial score (nSPS) is 19.2. The molecule has 2 heterocycles. The zero-order valence-corrected chi connectivity index (χ0v) is 17.9. The first kappa shape index (κ1) is 22.7. The Kier molecular flexibility index (Phi) is 5.78. The number of hydrogen-bond acceptors (Lipinski definition) is 8. The second-order valence-electron chi connectivity index (χ2n) is 8.16. The molecule has 0 aromatic heterocycles. The number of carbonyl (C=O) groups excluding carboxylic acids is 4. The van der Waals surface area contributed by atoms with Crippen LogP contribution in [0.1, 0.15) is 49.5 Å². The summed E-state index contributed by atoms with van der Waals surface area (Å²) in [5, 5.41) is 2.15. The van der Waals surface area contributed by atoms with Crippen molar-refractivity contribution < 1.29 is 41.0 Å². The molecule has 0 saturated carbocycles. The Bertz CT molecular complexity index is 1080. The molecule has 0 spiro atoms. The molecule has 0 aliphatic carbocycles. The summed E-state index contributed by atoms with van der Waals surface area (Å²) in [6.07, 6.45) is 0.120. The van der Waals surface area contributed by atoms with Crippen LogP contribution in [0.15, 0.2) is 17.0 Å². The molecule has 0 bridgehead atoms. The van der Waals surface area contributed by atoms with Gasteiger partial charge in [-0.1, -0.05) is 0 Å². The van der Waals surface area contributed by atoms with E-state index in [9.17, 15) is 31.5 Å². The number of amides is 3. The molecule has 2 aliphatic heterocycles. The topological polar surface area (TPSA) is 136 Å². The second kappa shape index (κ2) is 7.91. The fraction of sp³-hybridized carbons (Fsp3) is 0.474. The average Bonchev–Trinajstić information content (AvgIpc) is 2.94. The molecule has 1 unspecified atom stereocenters. The van der Waals surface area contributed by atoms with Gasteiger partial charge in [0, 0.05) is 23.6 Å². The van der Waals surface area contributed by atoms with E-state index in [0.717, 1.165) is 17.0 Å². The fourth-order valence-electron chi connectivity index (χ4n) is 3.38. The van der Waals surface area contributed by atoms with Crippen LogP contribution in [0.3, 0.4) is 0 Å². The van der Waals surface area contributed by atoms with Gasteiger partial charge >= 0.3 is 16.2 Å². The smallest absolute Gasteiger partial charge is 0.344 e. The number of halogens is 1. The number of fused-ring (bicyclic) bond motifs is 1. The predicted octanol–water partition coefficient (Wildman–Crippen LogP) is 0.826. The largest absolute Gasteiger partial charge is 0.481 e. The average molecular weight is 456 g/mol. The summed E-state index contributed by atoms with van der Waals surface area (Å²) >= 11 is 0. The maximum absolute atomic E-state index is 13.7. The van der Waals surface area contributed by atoms with Crippen molar-refractivity contribution >= 4 is 33.9 Å². The van der Waals surface area contributed by atoms with Crippen LogP contribution in [-0.4, -0.2) is 55.3 Å². The minimum Gasteiger partial charge on any atom is -0.481 e. The van der Waals surface area contributed by atoms with Crippen molar-refractivity contribution in [1.29, 1.82) is 0 Å². The molecule has 10 nitrogen and oxygen atoms in total. The molecule has 1 N–H and O–H groups in total. The molecule has 3 amide bonds. The van der Waals surface area contributed by atoms with Crippen LogP contribution >= 0.6 is 0 Å². The summed E-state index contributed by atoms with van der Waals surface area (Å²) in [4.78, 5) is 48.7. The molecule has 1 fully saturated rings. The number of nitrogens with zero attached hydrogens (tertiary/aromatic N) is 1. The molecule has 168 valence electrons. The van der Waals surface area contributed by atoms with E-state index >= 15 is 0 Å². The van der Waals surface area contributed by atoms with Gasteiger partial charge in [0.05, 0.1) is 6.54 Å². The lowest BCUT2D eigenvalue weighted by Crippen LogP contribution is -2.52. The first-order valence-electron chi connectivity index (χ1n) is 9.37. The number of benzene rings is 1. The minimum absolute atomic E-state index is 0.0304. The number of esters is 1. The first-order valence-corrected chi connectivity index (χ1v) is 10.8. The Morgan fingerprint density at radius 1 is 1.26 bits per heavy atom. The third-order valence-corrected chi connectivity index (χ3v) is 5.43. The Labute approximate surface area is 177 Å². The summed E-state index contributed by atoms with van der Waals surface area (Å²) < 4.78 is 47.1. The maximum atomic E-state index is 13.7. The summed E-state index contributed by atoms with van der Waals surface area (Å²) in [5.74, 6) is -2.77. The number of piperidine rings is 1. The van der Waals surface area contributed by atoms with E-state index in [4.69, 9.17) is 9.47 Å². The highest BCUT2D eigenvalue weighted by Crippen LogP contribution is 2.36. The molecule has 3 rings (SSSR count). The standard InChI is InChI=1S/C19H21FN2O8S/c1-19(2,3)30-16(24)9-29-14-7-10(31(20,27)28)6-11-12(14)8-22(18(11)26)13-4-5-15(23)21-17(13)25/h6-7,13H,4-5,8-9H2,1-3H3,(H,21,23,25). The van der Waals surface area contributed by atoms with Crippen LogP contribution in [0.25, 0.3) is 0 Å². The molecular formula is C19H21FN2O8S. The maximum Gasteiger partial charge on any atom is 0.344 e. The monoisotopic (exact) mass is 456 g/mol. The first-order chi connectivity index (χ1) is 14.3. The van der Waals surface area contributed by atoms with Crippen LogP contribution in [0, 0.1) is 0 Å². The zero-order chi connectivity index (χ0) is 23.1. The van der Waals surface area contributed by atoms with E-state index < -0.39 is 57.1 Å². The van der Waals surface area contributed by atoms with Gasteiger partial charge in [0.25, 0.3) is 5.91 Å². The van der Waals surface area contributed by atoms with Crippen LogP contribution < -0.4 is 10.1 Å². The molecule has 31 heavy (non-hydrogen) atoms. The van der Waals surface area contributed by atoms with E-state index in [1.54, 1.807) is 20.8 Å². The Morgan fingerprint density at radius 2 is 1.94 bits per heavy atom. The number of hydrogen-bond donors (Lipinski definition) is 1. The number of imide groups is 1.